The molecule has 0 unspecified atom stereocenters. The van der Waals surface area contributed by atoms with E-state index in [4.69, 9.17) is 14.2 Å². The van der Waals surface area contributed by atoms with Crippen molar-refractivity contribution in [1.82, 2.24) is 0 Å². The summed E-state index contributed by atoms with van der Waals surface area (Å²) < 4.78 is 45.1. The number of esters is 1. The molecule has 3 aromatic carbocycles. The number of rotatable bonds is 9. The molecule has 184 valence electrons. The van der Waals surface area contributed by atoms with Gasteiger partial charge in [0.1, 0.15) is 35.2 Å². The Hall–Kier alpha value is -3.94. The molecule has 0 spiro atoms. The molecule has 35 heavy (non-hydrogen) atoms. The molecule has 3 aromatic rings. The van der Waals surface area contributed by atoms with Crippen LogP contribution in [0.5, 0.6) is 11.5 Å². The summed E-state index contributed by atoms with van der Waals surface area (Å²) in [7, 11) is 3.04. The van der Waals surface area contributed by atoms with Gasteiger partial charge in [0.25, 0.3) is 5.91 Å². The van der Waals surface area contributed by atoms with Gasteiger partial charge in [-0.25, -0.2) is 8.78 Å². The summed E-state index contributed by atoms with van der Waals surface area (Å²) in [5.74, 6) is -2.65. The molecule has 0 N–H and O–H groups in total. The van der Waals surface area contributed by atoms with Gasteiger partial charge in [0.15, 0.2) is 0 Å². The molecule has 0 bridgehead atoms. The number of hydrogen-bond acceptors (Lipinski definition) is 5. The molecule has 0 aliphatic rings. The molecule has 0 heterocycles. The summed E-state index contributed by atoms with van der Waals surface area (Å²) >= 11 is 0. The first-order chi connectivity index (χ1) is 16.8. The van der Waals surface area contributed by atoms with Gasteiger partial charge in [-0.15, -0.1) is 0 Å². The lowest BCUT2D eigenvalue weighted by atomic mass is 10.0. The Morgan fingerprint density at radius 1 is 0.886 bits per heavy atom. The van der Waals surface area contributed by atoms with Gasteiger partial charge in [-0.1, -0.05) is 38.1 Å². The number of methoxy groups -OCH3 is 2. The topological polar surface area (TPSA) is 65.1 Å². The molecule has 6 nitrogen and oxygen atoms in total. The second-order valence-electron chi connectivity index (χ2n) is 8.15. The molecule has 0 saturated carbocycles. The molecule has 0 radical (unpaired) electrons. The van der Waals surface area contributed by atoms with Crippen LogP contribution in [0.4, 0.5) is 14.5 Å². The predicted octanol–water partition coefficient (Wildman–Crippen LogP) is 5.50. The van der Waals surface area contributed by atoms with Crippen molar-refractivity contribution in [2.45, 2.75) is 13.8 Å². The molecule has 3 rings (SSSR count). The molecular weight excluding hydrogens is 456 g/mol. The van der Waals surface area contributed by atoms with Crippen molar-refractivity contribution in [2.75, 3.05) is 32.3 Å². The van der Waals surface area contributed by atoms with Gasteiger partial charge < -0.3 is 14.2 Å². The van der Waals surface area contributed by atoms with Crippen LogP contribution in [-0.4, -0.2) is 39.2 Å². The van der Waals surface area contributed by atoms with Crippen molar-refractivity contribution in [2.24, 2.45) is 5.92 Å². The van der Waals surface area contributed by atoms with E-state index in [-0.39, 0.29) is 18.2 Å². The van der Waals surface area contributed by atoms with Crippen molar-refractivity contribution in [3.63, 3.8) is 0 Å². The molecule has 0 fully saturated rings. The maximum Gasteiger partial charge on any atom is 0.326 e. The van der Waals surface area contributed by atoms with Crippen molar-refractivity contribution in [3.8, 4) is 22.6 Å². The van der Waals surface area contributed by atoms with Gasteiger partial charge >= 0.3 is 5.97 Å². The highest BCUT2D eigenvalue weighted by Gasteiger charge is 2.27. The van der Waals surface area contributed by atoms with E-state index in [1.165, 1.54) is 14.2 Å². The minimum Gasteiger partial charge on any atom is -0.496 e. The summed E-state index contributed by atoms with van der Waals surface area (Å²) in [6.45, 7) is 3.35. The van der Waals surface area contributed by atoms with Gasteiger partial charge in [0, 0.05) is 5.69 Å². The summed E-state index contributed by atoms with van der Waals surface area (Å²) in [6, 6.07) is 15.0. The van der Waals surface area contributed by atoms with E-state index in [1.54, 1.807) is 42.5 Å². The normalized spacial score (nSPS) is 10.7. The molecular formula is C27H27F2NO5. The average molecular weight is 484 g/mol. The number of amides is 1. The lowest BCUT2D eigenvalue weighted by molar-refractivity contribution is -0.142. The maximum absolute atomic E-state index is 14.5. The molecule has 0 aromatic heterocycles. The monoisotopic (exact) mass is 483 g/mol. The Morgan fingerprint density at radius 3 is 2.03 bits per heavy atom. The van der Waals surface area contributed by atoms with Gasteiger partial charge in [-0.2, -0.15) is 0 Å². The molecule has 0 aliphatic heterocycles. The smallest absolute Gasteiger partial charge is 0.326 e. The minimum absolute atomic E-state index is 0.0773. The number of carbonyl (C=O) groups excluding carboxylic acids is 2. The Labute approximate surface area is 203 Å². The maximum atomic E-state index is 14.5. The second-order valence-corrected chi connectivity index (χ2v) is 8.15. The number of benzene rings is 3. The summed E-state index contributed by atoms with van der Waals surface area (Å²) in [5.41, 5.74) is 0.708. The molecule has 0 atom stereocenters. The largest absolute Gasteiger partial charge is 0.496 e. The van der Waals surface area contributed by atoms with E-state index >= 15 is 0 Å². The van der Waals surface area contributed by atoms with E-state index in [1.807, 2.05) is 13.8 Å². The first kappa shape index (κ1) is 25.7. The van der Waals surface area contributed by atoms with E-state index in [0.29, 0.717) is 22.6 Å². The molecule has 0 saturated heterocycles. The third-order valence-corrected chi connectivity index (χ3v) is 5.16. The lowest BCUT2D eigenvalue weighted by Gasteiger charge is -2.24. The van der Waals surface area contributed by atoms with Crippen molar-refractivity contribution in [1.29, 1.82) is 0 Å². The highest BCUT2D eigenvalue weighted by molar-refractivity contribution is 6.09. The van der Waals surface area contributed by atoms with Crippen LogP contribution in [0.15, 0.2) is 60.7 Å². The Bertz CT molecular complexity index is 1170. The van der Waals surface area contributed by atoms with Crippen LogP contribution in [0, 0.1) is 17.6 Å². The van der Waals surface area contributed by atoms with Crippen LogP contribution in [0.25, 0.3) is 11.1 Å². The van der Waals surface area contributed by atoms with Crippen LogP contribution in [0.2, 0.25) is 0 Å². The van der Waals surface area contributed by atoms with Crippen molar-refractivity contribution < 1.29 is 32.6 Å². The number of halogens is 2. The highest BCUT2D eigenvalue weighted by atomic mass is 19.1. The van der Waals surface area contributed by atoms with Crippen LogP contribution < -0.4 is 14.4 Å². The fourth-order valence-electron chi connectivity index (χ4n) is 3.52. The number of anilines is 1. The zero-order valence-electron chi connectivity index (χ0n) is 20.0. The Morgan fingerprint density at radius 2 is 1.46 bits per heavy atom. The average Bonchev–Trinajstić information content (AvgIpc) is 2.85. The van der Waals surface area contributed by atoms with E-state index in [2.05, 4.69) is 0 Å². The third-order valence-electron chi connectivity index (χ3n) is 5.16. The highest BCUT2D eigenvalue weighted by Crippen LogP contribution is 2.39. The molecule has 1 amide bonds. The van der Waals surface area contributed by atoms with Gasteiger partial charge in [-0.05, 0) is 47.9 Å². The summed E-state index contributed by atoms with van der Waals surface area (Å²) in [4.78, 5) is 26.9. The lowest BCUT2D eigenvalue weighted by Crippen LogP contribution is -2.38. The van der Waals surface area contributed by atoms with Crippen molar-refractivity contribution in [3.05, 3.63) is 77.9 Å². The fourth-order valence-corrected chi connectivity index (χ4v) is 3.52. The van der Waals surface area contributed by atoms with Crippen LogP contribution >= 0.6 is 0 Å². The molecule has 0 aliphatic carbocycles. The van der Waals surface area contributed by atoms with E-state index in [9.17, 15) is 18.4 Å². The molecule has 8 heteroatoms. The zero-order chi connectivity index (χ0) is 25.5. The summed E-state index contributed by atoms with van der Waals surface area (Å²) in [6.07, 6.45) is 0. The zero-order valence-corrected chi connectivity index (χ0v) is 20.0. The number of nitrogens with zero attached hydrogens (tertiary/aromatic N) is 1. The predicted molar refractivity (Wildman–Crippen MR) is 129 cm³/mol. The summed E-state index contributed by atoms with van der Waals surface area (Å²) in [5, 5.41) is 0. The SMILES string of the molecule is COc1cccc(OC)c1-c1cccc(N(CC(=O)OCC(C)C)C(=O)c2c(F)cccc2F)c1. The van der Waals surface area contributed by atoms with Gasteiger partial charge in [-0.3, -0.25) is 14.5 Å². The quantitative estimate of drug-likeness (QED) is 0.377. The van der Waals surface area contributed by atoms with Gasteiger partial charge in [0.2, 0.25) is 0 Å². The fraction of sp³-hybridized carbons (Fsp3) is 0.259. The second kappa shape index (κ2) is 11.5. The van der Waals surface area contributed by atoms with Gasteiger partial charge in [0.05, 0.1) is 26.4 Å². The van der Waals surface area contributed by atoms with Crippen LogP contribution in [0.3, 0.4) is 0 Å². The first-order valence-corrected chi connectivity index (χ1v) is 11.0. The number of carbonyl (C=O) groups is 2. The standard InChI is InChI=1S/C27H27F2NO5/c1-17(2)16-35-24(31)15-30(27(32)26-20(28)10-6-11-21(26)29)19-9-5-8-18(14-19)25-22(33-3)12-7-13-23(25)34-4/h5-14,17H,15-16H2,1-4H3. The van der Waals surface area contributed by atoms with Crippen LogP contribution in [-0.2, 0) is 9.53 Å². The minimum atomic E-state index is -1.03. The van der Waals surface area contributed by atoms with Crippen molar-refractivity contribution >= 4 is 17.6 Å². The van der Waals surface area contributed by atoms with E-state index in [0.717, 1.165) is 23.1 Å². The Balaban J connectivity index is 2.09. The Kier molecular flexibility index (Phi) is 8.41. The van der Waals surface area contributed by atoms with Crippen LogP contribution in [0.1, 0.15) is 24.2 Å². The third kappa shape index (κ3) is 5.95. The van der Waals surface area contributed by atoms with E-state index < -0.39 is 35.6 Å². The first-order valence-electron chi connectivity index (χ1n) is 11.0. The number of hydrogen-bond donors (Lipinski definition) is 0. The number of ether oxygens (including phenoxy) is 3.